The summed E-state index contributed by atoms with van der Waals surface area (Å²) in [5.74, 6) is 0.0369. The predicted molar refractivity (Wildman–Crippen MR) is 129 cm³/mol. The van der Waals surface area contributed by atoms with E-state index in [4.69, 9.17) is 11.6 Å². The van der Waals surface area contributed by atoms with Gasteiger partial charge in [-0.05, 0) is 49.6 Å². The van der Waals surface area contributed by atoms with Crippen LogP contribution in [0.4, 0.5) is 23.8 Å². The summed E-state index contributed by atoms with van der Waals surface area (Å²) in [6.07, 6.45) is -3.53. The van der Waals surface area contributed by atoms with Gasteiger partial charge in [0.15, 0.2) is 0 Å². The average Bonchev–Trinajstić information content (AvgIpc) is 3.29. The lowest BCUT2D eigenvalue weighted by atomic mass is 9.93. The number of pyridine rings is 1. The fourth-order valence-electron chi connectivity index (χ4n) is 5.19. The monoisotopic (exact) mass is 524 g/mol. The molecule has 3 heterocycles. The molecule has 2 aromatic rings. The Labute approximate surface area is 212 Å². The highest BCUT2D eigenvalue weighted by Crippen LogP contribution is 2.35. The van der Waals surface area contributed by atoms with E-state index in [1.165, 1.54) is 11.0 Å². The van der Waals surface area contributed by atoms with Crippen LogP contribution in [0, 0.1) is 5.92 Å². The number of rotatable bonds is 5. The molecular weight excluding hydrogens is 497 g/mol. The van der Waals surface area contributed by atoms with Gasteiger partial charge in [-0.25, -0.2) is 9.78 Å². The number of alkyl halides is 3. The smallest absolute Gasteiger partial charge is 0.417 e. The Morgan fingerprint density at radius 1 is 1.11 bits per heavy atom. The second-order valence-corrected chi connectivity index (χ2v) is 9.64. The van der Waals surface area contributed by atoms with E-state index in [9.17, 15) is 27.9 Å². The molecule has 7 nitrogen and oxygen atoms in total. The normalized spacial score (nSPS) is 21.0. The minimum Gasteiger partial charge on any atom is -0.465 e. The SMILES string of the molecule is CCN(C(=O)O)[C@H]1CN(C(=O)C2CCN(c3ccc(C(F)(F)F)cn3)CC2)C[C@@H]1c1ccc(Cl)cc1. The number of carbonyl (C=O) groups excluding carboxylic acids is 1. The van der Waals surface area contributed by atoms with Crippen LogP contribution < -0.4 is 4.90 Å². The van der Waals surface area contributed by atoms with Crippen molar-refractivity contribution in [1.82, 2.24) is 14.8 Å². The molecule has 2 amide bonds. The third-order valence-electron chi connectivity index (χ3n) is 7.13. The number of carboxylic acid groups (broad SMARTS) is 1. The van der Waals surface area contributed by atoms with E-state index in [0.717, 1.165) is 17.8 Å². The molecule has 2 atom stereocenters. The molecule has 2 saturated heterocycles. The number of halogens is 4. The van der Waals surface area contributed by atoms with Crippen LogP contribution in [0.25, 0.3) is 0 Å². The second kappa shape index (κ2) is 10.5. The van der Waals surface area contributed by atoms with Crippen molar-refractivity contribution in [2.45, 2.75) is 37.9 Å². The molecular formula is C25H28ClF3N4O3. The first-order valence-corrected chi connectivity index (χ1v) is 12.3. The Balaban J connectivity index is 1.43. The summed E-state index contributed by atoms with van der Waals surface area (Å²) in [4.78, 5) is 34.3. The molecule has 0 aliphatic carbocycles. The molecule has 0 bridgehead atoms. The molecule has 1 aromatic carbocycles. The number of piperidine rings is 1. The largest absolute Gasteiger partial charge is 0.465 e. The van der Waals surface area contributed by atoms with E-state index < -0.39 is 17.8 Å². The number of benzene rings is 1. The Morgan fingerprint density at radius 2 is 1.78 bits per heavy atom. The van der Waals surface area contributed by atoms with E-state index in [2.05, 4.69) is 4.98 Å². The fourth-order valence-corrected chi connectivity index (χ4v) is 5.31. The van der Waals surface area contributed by atoms with Crippen molar-refractivity contribution in [3.63, 3.8) is 0 Å². The lowest BCUT2D eigenvalue weighted by Gasteiger charge is -2.34. The number of nitrogens with zero attached hydrogens (tertiary/aromatic N) is 4. The maximum absolute atomic E-state index is 13.4. The van der Waals surface area contributed by atoms with E-state index in [1.54, 1.807) is 24.0 Å². The first-order valence-electron chi connectivity index (χ1n) is 11.9. The van der Waals surface area contributed by atoms with Crippen LogP contribution >= 0.6 is 11.6 Å². The molecule has 2 aliphatic rings. The summed E-state index contributed by atoms with van der Waals surface area (Å²) >= 11 is 6.03. The Kier molecular flexibility index (Phi) is 7.63. The number of likely N-dealkylation sites (tertiary alicyclic amines) is 1. The fraction of sp³-hybridized carbons (Fsp3) is 0.480. The van der Waals surface area contributed by atoms with Gasteiger partial charge in [0.25, 0.3) is 0 Å². The van der Waals surface area contributed by atoms with E-state index >= 15 is 0 Å². The van der Waals surface area contributed by atoms with Crippen molar-refractivity contribution in [1.29, 1.82) is 0 Å². The summed E-state index contributed by atoms with van der Waals surface area (Å²) in [7, 11) is 0. The van der Waals surface area contributed by atoms with Crippen LogP contribution in [0.3, 0.4) is 0 Å². The van der Waals surface area contributed by atoms with E-state index in [-0.39, 0.29) is 23.8 Å². The average molecular weight is 525 g/mol. The molecule has 2 fully saturated rings. The lowest BCUT2D eigenvalue weighted by Crippen LogP contribution is -2.45. The van der Waals surface area contributed by atoms with E-state index in [1.807, 2.05) is 17.0 Å². The van der Waals surface area contributed by atoms with Gasteiger partial charge in [0.05, 0.1) is 11.6 Å². The summed E-state index contributed by atoms with van der Waals surface area (Å²) in [6.45, 7) is 3.82. The van der Waals surface area contributed by atoms with Gasteiger partial charge in [-0.2, -0.15) is 13.2 Å². The molecule has 0 radical (unpaired) electrons. The number of carbonyl (C=O) groups is 2. The molecule has 0 spiro atoms. The molecule has 2 aliphatic heterocycles. The zero-order chi connectivity index (χ0) is 26.0. The molecule has 0 saturated carbocycles. The number of hydrogen-bond acceptors (Lipinski definition) is 4. The van der Waals surface area contributed by atoms with Gasteiger partial charge < -0.3 is 19.8 Å². The van der Waals surface area contributed by atoms with Crippen molar-refractivity contribution < 1.29 is 27.9 Å². The number of hydrogen-bond donors (Lipinski definition) is 1. The maximum atomic E-state index is 13.4. The van der Waals surface area contributed by atoms with Crippen LogP contribution in [0.1, 0.15) is 36.8 Å². The highest BCUT2D eigenvalue weighted by molar-refractivity contribution is 6.30. The van der Waals surface area contributed by atoms with Gasteiger partial charge >= 0.3 is 12.3 Å². The summed E-state index contributed by atoms with van der Waals surface area (Å²) < 4.78 is 38.4. The Morgan fingerprint density at radius 3 is 2.31 bits per heavy atom. The van der Waals surface area contributed by atoms with Gasteiger partial charge in [-0.15, -0.1) is 0 Å². The summed E-state index contributed by atoms with van der Waals surface area (Å²) in [6, 6.07) is 9.29. The minimum absolute atomic E-state index is 0.0158. The quantitative estimate of drug-likeness (QED) is 0.598. The van der Waals surface area contributed by atoms with Gasteiger partial charge in [0, 0.05) is 55.8 Å². The summed E-state index contributed by atoms with van der Waals surface area (Å²) in [5, 5.41) is 10.3. The van der Waals surface area contributed by atoms with Crippen molar-refractivity contribution in [3.8, 4) is 0 Å². The van der Waals surface area contributed by atoms with Crippen LogP contribution in [-0.2, 0) is 11.0 Å². The van der Waals surface area contributed by atoms with Gasteiger partial charge in [-0.1, -0.05) is 23.7 Å². The third kappa shape index (κ3) is 5.53. The zero-order valence-electron chi connectivity index (χ0n) is 19.8. The van der Waals surface area contributed by atoms with Crippen molar-refractivity contribution in [3.05, 3.63) is 58.7 Å². The molecule has 36 heavy (non-hydrogen) atoms. The number of amides is 2. The van der Waals surface area contributed by atoms with Gasteiger partial charge in [0.2, 0.25) is 5.91 Å². The zero-order valence-corrected chi connectivity index (χ0v) is 20.5. The van der Waals surface area contributed by atoms with Gasteiger partial charge in [-0.3, -0.25) is 4.79 Å². The van der Waals surface area contributed by atoms with E-state index in [0.29, 0.717) is 56.4 Å². The van der Waals surface area contributed by atoms with Crippen LogP contribution in [0.15, 0.2) is 42.6 Å². The number of anilines is 1. The lowest BCUT2D eigenvalue weighted by molar-refractivity contribution is -0.138. The maximum Gasteiger partial charge on any atom is 0.417 e. The molecule has 0 unspecified atom stereocenters. The van der Waals surface area contributed by atoms with Crippen molar-refractivity contribution in [2.24, 2.45) is 5.92 Å². The van der Waals surface area contributed by atoms with Crippen molar-refractivity contribution >= 4 is 29.4 Å². The van der Waals surface area contributed by atoms with Crippen LogP contribution in [0.5, 0.6) is 0 Å². The highest BCUT2D eigenvalue weighted by Gasteiger charge is 2.42. The van der Waals surface area contributed by atoms with Crippen molar-refractivity contribution in [2.75, 3.05) is 37.6 Å². The Hall–Kier alpha value is -3.01. The molecule has 11 heteroatoms. The number of likely N-dealkylation sites (N-methyl/N-ethyl adjacent to an activating group) is 1. The molecule has 194 valence electrons. The molecule has 4 rings (SSSR count). The van der Waals surface area contributed by atoms with Crippen LogP contribution in [-0.4, -0.2) is 70.7 Å². The topological polar surface area (TPSA) is 77.0 Å². The first-order chi connectivity index (χ1) is 17.1. The Bertz CT molecular complexity index is 1070. The number of aromatic nitrogens is 1. The van der Waals surface area contributed by atoms with Crippen LogP contribution in [0.2, 0.25) is 5.02 Å². The highest BCUT2D eigenvalue weighted by atomic mass is 35.5. The predicted octanol–water partition coefficient (Wildman–Crippen LogP) is 4.96. The standard InChI is InChI=1S/C25H28ClF3N4O3/c1-2-33(24(35)36)21-15-32(14-20(21)16-3-6-19(26)7-4-16)23(34)17-9-11-31(12-10-17)22-8-5-18(13-30-22)25(27,28)29/h3-8,13,17,20-21H,2,9-12,14-15H2,1H3,(H,35,36)/t20-,21+/m1/s1. The summed E-state index contributed by atoms with van der Waals surface area (Å²) in [5.41, 5.74) is 0.139. The minimum atomic E-state index is -4.43. The molecule has 1 aromatic heterocycles. The van der Waals surface area contributed by atoms with Gasteiger partial charge in [0.1, 0.15) is 5.82 Å². The third-order valence-corrected chi connectivity index (χ3v) is 7.38. The first kappa shape index (κ1) is 26.1. The second-order valence-electron chi connectivity index (χ2n) is 9.20. The molecule has 1 N–H and O–H groups in total.